The zero-order chi connectivity index (χ0) is 34.2. The lowest BCUT2D eigenvalue weighted by atomic mass is 9.94. The number of nitriles is 3. The molecule has 0 unspecified atom stereocenters. The molecular weight excluding hydrogens is 627 g/mol. The summed E-state index contributed by atoms with van der Waals surface area (Å²) in [6.07, 6.45) is 0. The molecule has 0 spiro atoms. The molecule has 234 valence electrons. The topological polar surface area (TPSA) is 94.4 Å². The lowest BCUT2D eigenvalue weighted by Crippen LogP contribution is -2.05. The van der Waals surface area contributed by atoms with Gasteiger partial charge in [0.2, 0.25) is 0 Å². The van der Waals surface area contributed by atoms with Gasteiger partial charge in [-0.1, -0.05) is 91.0 Å². The first kappa shape index (κ1) is 28.4. The van der Waals surface area contributed by atoms with Gasteiger partial charge in [0, 0.05) is 43.4 Å². The molecule has 0 radical (unpaired) electrons. The van der Waals surface area contributed by atoms with Crippen LogP contribution in [0, 0.1) is 34.0 Å². The minimum Gasteiger partial charge on any atom is -0.454 e. The minimum atomic E-state index is 0.277. The Balaban J connectivity index is 1.40. The molecule has 10 rings (SSSR count). The molecule has 0 saturated carbocycles. The monoisotopic (exact) mass is 649 g/mol. The van der Waals surface area contributed by atoms with E-state index in [2.05, 4.69) is 69.8 Å². The first-order valence-electron chi connectivity index (χ1n) is 16.5. The highest BCUT2D eigenvalue weighted by molar-refractivity contribution is 6.22. The number of hydrogen-bond acceptors (Lipinski definition) is 4. The largest absolute Gasteiger partial charge is 0.454 e. The summed E-state index contributed by atoms with van der Waals surface area (Å²) in [5, 5.41) is 37.5. The summed E-state index contributed by atoms with van der Waals surface area (Å²) >= 11 is 0. The van der Waals surface area contributed by atoms with Crippen molar-refractivity contribution in [2.24, 2.45) is 0 Å². The Hall–Kier alpha value is -7.59. The Morgan fingerprint density at radius 2 is 1.06 bits per heavy atom. The van der Waals surface area contributed by atoms with E-state index in [1.807, 2.05) is 91.0 Å². The maximum Gasteiger partial charge on any atom is 0.160 e. The van der Waals surface area contributed by atoms with Crippen molar-refractivity contribution in [1.82, 2.24) is 9.13 Å². The maximum absolute atomic E-state index is 10.8. The van der Waals surface area contributed by atoms with Crippen LogP contribution in [-0.2, 0) is 0 Å². The van der Waals surface area contributed by atoms with Crippen molar-refractivity contribution in [3.8, 4) is 40.7 Å². The summed E-state index contributed by atoms with van der Waals surface area (Å²) in [5.41, 5.74) is 9.17. The van der Waals surface area contributed by atoms with Gasteiger partial charge in [-0.2, -0.15) is 15.8 Å². The average molecular weight is 650 g/mol. The van der Waals surface area contributed by atoms with Crippen LogP contribution in [-0.4, -0.2) is 9.13 Å². The summed E-state index contributed by atoms with van der Waals surface area (Å²) in [6, 6.07) is 53.1. The van der Waals surface area contributed by atoms with Crippen LogP contribution in [0.15, 0.2) is 144 Å². The molecule has 6 heteroatoms. The lowest BCUT2D eigenvalue weighted by molar-refractivity contribution is 0.671. The Kier molecular flexibility index (Phi) is 5.97. The van der Waals surface area contributed by atoms with Crippen molar-refractivity contribution < 1.29 is 4.42 Å². The van der Waals surface area contributed by atoms with Gasteiger partial charge < -0.3 is 13.6 Å². The van der Waals surface area contributed by atoms with Crippen molar-refractivity contribution in [1.29, 1.82) is 15.8 Å². The first-order valence-corrected chi connectivity index (χ1v) is 16.5. The van der Waals surface area contributed by atoms with Crippen LogP contribution in [0.1, 0.15) is 16.7 Å². The second-order valence-electron chi connectivity index (χ2n) is 12.6. The van der Waals surface area contributed by atoms with Crippen LogP contribution < -0.4 is 0 Å². The molecule has 0 saturated heterocycles. The Bertz CT molecular complexity index is 3190. The molecule has 0 fully saturated rings. The van der Waals surface area contributed by atoms with Crippen molar-refractivity contribution in [2.75, 3.05) is 0 Å². The molecular formula is C45H23N5O. The smallest absolute Gasteiger partial charge is 0.160 e. The molecule has 3 aromatic heterocycles. The SMILES string of the molecule is N#Cc1ccc(-c2ccc(C#N)c(C#N)c2-n2c3ccccc3c3ccccc32)c(-n2c3ccccc3c3ccc4c5ccccc5oc4c32)c1. The van der Waals surface area contributed by atoms with E-state index in [0.29, 0.717) is 11.3 Å². The molecule has 0 amide bonds. The Morgan fingerprint density at radius 3 is 1.73 bits per heavy atom. The van der Waals surface area contributed by atoms with E-state index < -0.39 is 0 Å². The second-order valence-corrected chi connectivity index (χ2v) is 12.6. The predicted octanol–water partition coefficient (Wildman–Crippen LogP) is 11.1. The molecule has 0 aliphatic carbocycles. The van der Waals surface area contributed by atoms with E-state index in [1.54, 1.807) is 6.07 Å². The van der Waals surface area contributed by atoms with Crippen molar-refractivity contribution in [3.63, 3.8) is 0 Å². The zero-order valence-electron chi connectivity index (χ0n) is 26.9. The molecule has 0 aliphatic heterocycles. The zero-order valence-corrected chi connectivity index (χ0v) is 26.9. The van der Waals surface area contributed by atoms with Crippen LogP contribution in [0.25, 0.3) is 88.1 Å². The number of para-hydroxylation sites is 4. The summed E-state index contributed by atoms with van der Waals surface area (Å²) in [4.78, 5) is 0. The van der Waals surface area contributed by atoms with Crippen LogP contribution in [0.5, 0.6) is 0 Å². The molecule has 51 heavy (non-hydrogen) atoms. The summed E-state index contributed by atoms with van der Waals surface area (Å²) < 4.78 is 10.9. The highest BCUT2D eigenvalue weighted by atomic mass is 16.3. The van der Waals surface area contributed by atoms with Gasteiger partial charge in [0.25, 0.3) is 0 Å². The fourth-order valence-electron chi connectivity index (χ4n) is 7.91. The van der Waals surface area contributed by atoms with Crippen LogP contribution in [0.4, 0.5) is 0 Å². The van der Waals surface area contributed by atoms with Gasteiger partial charge in [-0.05, 0) is 48.5 Å². The summed E-state index contributed by atoms with van der Waals surface area (Å²) in [5.74, 6) is 0. The van der Waals surface area contributed by atoms with Crippen LogP contribution >= 0.6 is 0 Å². The number of benzene rings is 7. The Morgan fingerprint density at radius 1 is 0.471 bits per heavy atom. The van der Waals surface area contributed by atoms with Crippen molar-refractivity contribution in [3.05, 3.63) is 156 Å². The molecule has 0 aliphatic rings. The normalized spacial score (nSPS) is 11.5. The number of fused-ring (bicyclic) bond motifs is 10. The highest BCUT2D eigenvalue weighted by Gasteiger charge is 2.25. The fraction of sp³-hybridized carbons (Fsp3) is 0. The van der Waals surface area contributed by atoms with Gasteiger partial charge in [-0.15, -0.1) is 0 Å². The number of rotatable bonds is 3. The van der Waals surface area contributed by atoms with Crippen LogP contribution in [0.3, 0.4) is 0 Å². The predicted molar refractivity (Wildman–Crippen MR) is 202 cm³/mol. The minimum absolute atomic E-state index is 0.277. The van der Waals surface area contributed by atoms with Gasteiger partial charge in [-0.3, -0.25) is 0 Å². The lowest BCUT2D eigenvalue weighted by Gasteiger charge is -2.20. The Labute approximate surface area is 291 Å². The number of furan rings is 1. The summed E-state index contributed by atoms with van der Waals surface area (Å²) in [6.45, 7) is 0. The third kappa shape index (κ3) is 3.89. The molecule has 7 aromatic carbocycles. The fourth-order valence-corrected chi connectivity index (χ4v) is 7.91. The molecule has 10 aromatic rings. The van der Waals surface area contributed by atoms with Crippen molar-refractivity contribution in [2.45, 2.75) is 0 Å². The van der Waals surface area contributed by atoms with Gasteiger partial charge in [0.05, 0.1) is 56.2 Å². The highest BCUT2D eigenvalue weighted by Crippen LogP contribution is 2.45. The van der Waals surface area contributed by atoms with Crippen molar-refractivity contribution >= 4 is 65.6 Å². The van der Waals surface area contributed by atoms with E-state index in [4.69, 9.17) is 4.42 Å². The van der Waals surface area contributed by atoms with Gasteiger partial charge >= 0.3 is 0 Å². The third-order valence-electron chi connectivity index (χ3n) is 10.1. The quantitative estimate of drug-likeness (QED) is 0.190. The van der Waals surface area contributed by atoms with E-state index in [1.165, 1.54) is 0 Å². The molecule has 0 bridgehead atoms. The van der Waals surface area contributed by atoms with Gasteiger partial charge in [0.1, 0.15) is 17.7 Å². The number of aromatic nitrogens is 2. The first-order chi connectivity index (χ1) is 25.2. The van der Waals surface area contributed by atoms with Gasteiger partial charge in [-0.25, -0.2) is 0 Å². The van der Waals surface area contributed by atoms with E-state index in [9.17, 15) is 15.8 Å². The third-order valence-corrected chi connectivity index (χ3v) is 10.1. The van der Waals surface area contributed by atoms with E-state index in [0.717, 1.165) is 82.4 Å². The number of nitrogens with zero attached hydrogens (tertiary/aromatic N) is 5. The van der Waals surface area contributed by atoms with Crippen LogP contribution in [0.2, 0.25) is 0 Å². The molecule has 0 N–H and O–H groups in total. The summed E-state index contributed by atoms with van der Waals surface area (Å²) in [7, 11) is 0. The number of hydrogen-bond donors (Lipinski definition) is 0. The standard InChI is InChI=1S/C45H23N5O/c46-24-27-17-19-32(34-20-18-28(25-47)37(26-48)43(34)49-38-13-5-1-9-29(38)30-10-2-6-14-39(30)49)41(23-27)50-40-15-7-3-11-31(40)35-21-22-36-33-12-4-8-16-42(33)51-45(36)44(35)50/h1-23H. The second kappa shape index (κ2) is 10.7. The molecule has 3 heterocycles. The molecule has 6 nitrogen and oxygen atoms in total. The van der Waals surface area contributed by atoms with E-state index in [-0.39, 0.29) is 11.1 Å². The molecule has 0 atom stereocenters. The van der Waals surface area contributed by atoms with Gasteiger partial charge in [0.15, 0.2) is 5.58 Å². The average Bonchev–Trinajstić information content (AvgIpc) is 3.85. The maximum atomic E-state index is 10.8. The van der Waals surface area contributed by atoms with E-state index >= 15 is 0 Å².